The van der Waals surface area contributed by atoms with E-state index in [4.69, 9.17) is 21.1 Å². The van der Waals surface area contributed by atoms with Crippen molar-refractivity contribution in [2.75, 3.05) is 18.9 Å². The Hall–Kier alpha value is -4.28. The largest absolute Gasteiger partial charge is 0.495 e. The van der Waals surface area contributed by atoms with Crippen LogP contribution in [0.2, 0.25) is 5.02 Å². The number of hydrogen-bond acceptors (Lipinski definition) is 7. The van der Waals surface area contributed by atoms with Gasteiger partial charge in [0.15, 0.2) is 5.82 Å². The summed E-state index contributed by atoms with van der Waals surface area (Å²) in [6.45, 7) is 0. The van der Waals surface area contributed by atoms with E-state index in [-0.39, 0.29) is 16.3 Å². The molecule has 0 saturated heterocycles. The summed E-state index contributed by atoms with van der Waals surface area (Å²) in [6.07, 6.45) is 1.26. The Bertz CT molecular complexity index is 1780. The first-order valence-corrected chi connectivity index (χ1v) is 12.8. The lowest BCUT2D eigenvalue weighted by Crippen LogP contribution is -2.19. The predicted octanol–water partition coefficient (Wildman–Crippen LogP) is 5.12. The smallest absolute Gasteiger partial charge is 0.263 e. The molecule has 37 heavy (non-hydrogen) atoms. The minimum absolute atomic E-state index is 0.00201. The summed E-state index contributed by atoms with van der Waals surface area (Å²) in [5.74, 6) is 1.04. The molecular weight excluding hydrogens is 518 g/mol. The van der Waals surface area contributed by atoms with Gasteiger partial charge >= 0.3 is 0 Å². The van der Waals surface area contributed by atoms with E-state index in [0.717, 1.165) is 11.1 Å². The highest BCUT2D eigenvalue weighted by atomic mass is 35.5. The van der Waals surface area contributed by atoms with Crippen LogP contribution in [0.3, 0.4) is 0 Å². The molecule has 0 radical (unpaired) electrons. The number of aromatic nitrogens is 2. The average Bonchev–Trinajstić information content (AvgIpc) is 3.40. The summed E-state index contributed by atoms with van der Waals surface area (Å²) in [4.78, 5) is 13.1. The molecule has 11 heteroatoms. The van der Waals surface area contributed by atoms with Crippen molar-refractivity contribution < 1.29 is 22.4 Å². The first-order valence-electron chi connectivity index (χ1n) is 10.9. The van der Waals surface area contributed by atoms with Crippen LogP contribution in [0.15, 0.2) is 93.3 Å². The fourth-order valence-corrected chi connectivity index (χ4v) is 5.21. The van der Waals surface area contributed by atoms with Gasteiger partial charge in [0, 0.05) is 17.5 Å². The Balaban J connectivity index is 1.65. The van der Waals surface area contributed by atoms with Crippen molar-refractivity contribution >= 4 is 38.3 Å². The van der Waals surface area contributed by atoms with Crippen LogP contribution in [0, 0.1) is 0 Å². The van der Waals surface area contributed by atoms with E-state index in [1.807, 2.05) is 18.2 Å². The number of pyridine rings is 1. The molecule has 2 heterocycles. The van der Waals surface area contributed by atoms with Crippen molar-refractivity contribution in [2.45, 2.75) is 4.90 Å². The van der Waals surface area contributed by atoms with Gasteiger partial charge in [-0.15, -0.1) is 0 Å². The van der Waals surface area contributed by atoms with Crippen molar-refractivity contribution in [3.63, 3.8) is 0 Å². The predicted molar refractivity (Wildman–Crippen MR) is 140 cm³/mol. The van der Waals surface area contributed by atoms with Gasteiger partial charge < -0.3 is 14.0 Å². The molecule has 5 aromatic rings. The van der Waals surface area contributed by atoms with Crippen LogP contribution in [0.4, 0.5) is 5.82 Å². The minimum Gasteiger partial charge on any atom is -0.495 e. The number of ether oxygens (including phenoxy) is 2. The molecule has 0 bridgehead atoms. The van der Waals surface area contributed by atoms with Gasteiger partial charge in [-0.05, 0) is 59.7 Å². The number of sulfonamides is 1. The fraction of sp³-hybridized carbons (Fsp3) is 0.0769. The summed E-state index contributed by atoms with van der Waals surface area (Å²) in [7, 11) is -0.884. The molecule has 0 spiro atoms. The number of benzene rings is 3. The van der Waals surface area contributed by atoms with Gasteiger partial charge in [0.25, 0.3) is 15.6 Å². The van der Waals surface area contributed by atoms with Crippen LogP contribution in [0.1, 0.15) is 0 Å². The van der Waals surface area contributed by atoms with Gasteiger partial charge in [0.2, 0.25) is 0 Å². The zero-order valence-corrected chi connectivity index (χ0v) is 21.2. The molecule has 0 aliphatic carbocycles. The van der Waals surface area contributed by atoms with Gasteiger partial charge in [0.1, 0.15) is 17.8 Å². The molecule has 0 fully saturated rings. The highest BCUT2D eigenvalue weighted by Crippen LogP contribution is 2.34. The number of nitrogens with zero attached hydrogens (tertiary/aromatic N) is 2. The number of rotatable bonds is 7. The van der Waals surface area contributed by atoms with Crippen LogP contribution in [0.5, 0.6) is 11.5 Å². The lowest BCUT2D eigenvalue weighted by Gasteiger charge is -2.16. The number of anilines is 1. The van der Waals surface area contributed by atoms with Crippen molar-refractivity contribution in [3.8, 4) is 28.3 Å². The zero-order valence-electron chi connectivity index (χ0n) is 19.6. The quantitative estimate of drug-likeness (QED) is 0.306. The SMILES string of the molecule is COc1cc(-c2ccc(OC)c(-n3c(=O)ccc4cc(S(=O)(=O)Nc5ccon5)ccc43)c2)ccc1Cl. The Morgan fingerprint density at radius 3 is 2.38 bits per heavy atom. The summed E-state index contributed by atoms with van der Waals surface area (Å²) >= 11 is 6.18. The van der Waals surface area contributed by atoms with E-state index < -0.39 is 10.0 Å². The second kappa shape index (κ2) is 9.64. The van der Waals surface area contributed by atoms with Crippen LogP contribution >= 0.6 is 11.6 Å². The molecule has 0 aliphatic rings. The van der Waals surface area contributed by atoms with Crippen LogP contribution in [0.25, 0.3) is 27.7 Å². The summed E-state index contributed by atoms with van der Waals surface area (Å²) < 4.78 is 45.1. The molecule has 9 nitrogen and oxygen atoms in total. The lowest BCUT2D eigenvalue weighted by atomic mass is 10.0. The van der Waals surface area contributed by atoms with Crippen molar-refractivity contribution in [2.24, 2.45) is 0 Å². The summed E-state index contributed by atoms with van der Waals surface area (Å²) in [5.41, 5.74) is 2.29. The average molecular weight is 538 g/mol. The Morgan fingerprint density at radius 2 is 1.65 bits per heavy atom. The van der Waals surface area contributed by atoms with E-state index in [2.05, 4.69) is 14.4 Å². The maximum atomic E-state index is 13.1. The third kappa shape index (κ3) is 4.64. The van der Waals surface area contributed by atoms with Crippen molar-refractivity contribution in [1.82, 2.24) is 9.72 Å². The van der Waals surface area contributed by atoms with Crippen LogP contribution < -0.4 is 19.8 Å². The Kier molecular flexibility index (Phi) is 6.36. The van der Waals surface area contributed by atoms with Crippen LogP contribution in [-0.2, 0) is 10.0 Å². The zero-order chi connectivity index (χ0) is 26.2. The fourth-order valence-electron chi connectivity index (χ4n) is 3.99. The minimum atomic E-state index is -3.94. The molecule has 0 unspecified atom stereocenters. The maximum Gasteiger partial charge on any atom is 0.263 e. The van der Waals surface area contributed by atoms with Gasteiger partial charge in [-0.3, -0.25) is 14.1 Å². The van der Waals surface area contributed by atoms with E-state index in [1.54, 1.807) is 30.3 Å². The second-order valence-corrected chi connectivity index (χ2v) is 10.0. The van der Waals surface area contributed by atoms with E-state index in [9.17, 15) is 13.2 Å². The van der Waals surface area contributed by atoms with E-state index in [1.165, 1.54) is 49.3 Å². The maximum absolute atomic E-state index is 13.1. The molecule has 1 N–H and O–H groups in total. The molecule has 188 valence electrons. The topological polar surface area (TPSA) is 113 Å². The van der Waals surface area contributed by atoms with Crippen LogP contribution in [-0.4, -0.2) is 32.4 Å². The normalized spacial score (nSPS) is 11.4. The molecular formula is C26H20ClN3O6S. The van der Waals surface area contributed by atoms with E-state index >= 15 is 0 Å². The molecule has 0 saturated carbocycles. The first kappa shape index (κ1) is 24.4. The highest BCUT2D eigenvalue weighted by Gasteiger charge is 2.19. The molecule has 5 rings (SSSR count). The lowest BCUT2D eigenvalue weighted by molar-refractivity contribution is 0.413. The number of nitrogens with one attached hydrogen (secondary N) is 1. The van der Waals surface area contributed by atoms with Gasteiger partial charge in [-0.1, -0.05) is 28.9 Å². The van der Waals surface area contributed by atoms with Crippen molar-refractivity contribution in [1.29, 1.82) is 0 Å². The Labute approximate surface area is 216 Å². The number of methoxy groups -OCH3 is 2. The monoisotopic (exact) mass is 537 g/mol. The third-order valence-electron chi connectivity index (χ3n) is 5.76. The molecule has 0 atom stereocenters. The highest BCUT2D eigenvalue weighted by molar-refractivity contribution is 7.92. The second-order valence-electron chi connectivity index (χ2n) is 7.95. The molecule has 3 aromatic carbocycles. The van der Waals surface area contributed by atoms with Gasteiger partial charge in [0.05, 0.1) is 35.3 Å². The number of fused-ring (bicyclic) bond motifs is 1. The van der Waals surface area contributed by atoms with E-state index in [0.29, 0.717) is 33.1 Å². The third-order valence-corrected chi connectivity index (χ3v) is 7.42. The first-order chi connectivity index (χ1) is 17.8. The number of halogens is 1. The number of hydrogen-bond donors (Lipinski definition) is 1. The summed E-state index contributed by atoms with van der Waals surface area (Å²) in [5, 5.41) is 4.59. The molecule has 2 aromatic heterocycles. The van der Waals surface area contributed by atoms with Crippen molar-refractivity contribution in [3.05, 3.63) is 94.4 Å². The molecule has 0 amide bonds. The summed E-state index contributed by atoms with van der Waals surface area (Å²) in [6, 6.07) is 19.6. The Morgan fingerprint density at radius 1 is 0.892 bits per heavy atom. The van der Waals surface area contributed by atoms with Gasteiger partial charge in [-0.25, -0.2) is 8.42 Å². The molecule has 0 aliphatic heterocycles. The van der Waals surface area contributed by atoms with Gasteiger partial charge in [-0.2, -0.15) is 0 Å². The standard InChI is InChI=1S/C26H20ClN3O6S/c1-34-23-9-4-16(17-3-7-20(27)24(15-17)35-2)14-22(23)30-21-8-6-19(13-18(21)5-10-26(30)31)37(32,33)29-25-11-12-36-28-25/h3-15H,1-2H3,(H,28,29).